The summed E-state index contributed by atoms with van der Waals surface area (Å²) < 4.78 is 42.6. The molecule has 6 rings (SSSR count). The fraction of sp³-hybridized carbons (Fsp3) is 0.278. The van der Waals surface area contributed by atoms with Crippen LogP contribution in [0.3, 0.4) is 0 Å². The maximum absolute atomic E-state index is 14.7. The zero-order valence-electron chi connectivity index (χ0n) is 26.9. The number of amides is 1. The van der Waals surface area contributed by atoms with Crippen LogP contribution in [0.25, 0.3) is 11.0 Å². The summed E-state index contributed by atoms with van der Waals surface area (Å²) >= 11 is 4.91. The Labute approximate surface area is 292 Å². The minimum Gasteiger partial charge on any atom is -0.460 e. The lowest BCUT2D eigenvalue weighted by Gasteiger charge is -2.42. The molecule has 1 amide bonds. The number of hydrogen-bond donors (Lipinski definition) is 0. The standard InChI is InChI=1S/C36H36BrN3O6S2/c1-4-45-36(42)33-25(3)28-22-27(14-15-32(28)46-33)48(43,44)40(18-16-26-10-6-5-7-11-26)31-13-9-8-12-30(31)38-19-20-39(24(2)23-38)35(41)34-29(37)17-21-47-34/h5-15,17,21-22,24H,4,16,18-20,23H2,1-3H3. The minimum absolute atomic E-state index is 0.0135. The number of anilines is 2. The van der Waals surface area contributed by atoms with E-state index in [1.54, 1.807) is 26.0 Å². The highest BCUT2D eigenvalue weighted by atomic mass is 79.9. The lowest BCUT2D eigenvalue weighted by molar-refractivity contribution is 0.0491. The van der Waals surface area contributed by atoms with Crippen molar-refractivity contribution in [3.8, 4) is 0 Å². The zero-order chi connectivity index (χ0) is 34.0. The van der Waals surface area contributed by atoms with Gasteiger partial charge in [0.25, 0.3) is 15.9 Å². The maximum Gasteiger partial charge on any atom is 0.374 e. The second kappa shape index (κ2) is 14.2. The van der Waals surface area contributed by atoms with Gasteiger partial charge in [-0.3, -0.25) is 9.10 Å². The molecule has 0 N–H and O–H groups in total. The molecule has 2 aromatic heterocycles. The van der Waals surface area contributed by atoms with Crippen LogP contribution in [0.15, 0.2) is 98.0 Å². The number of thiophene rings is 1. The molecule has 1 atom stereocenters. The molecule has 0 saturated carbocycles. The molecule has 9 nitrogen and oxygen atoms in total. The number of carbonyl (C=O) groups is 2. The predicted molar refractivity (Wildman–Crippen MR) is 193 cm³/mol. The van der Waals surface area contributed by atoms with Gasteiger partial charge in [-0.15, -0.1) is 11.3 Å². The molecule has 0 bridgehead atoms. The van der Waals surface area contributed by atoms with Crippen molar-refractivity contribution in [1.29, 1.82) is 0 Å². The van der Waals surface area contributed by atoms with Crippen LogP contribution in [0.4, 0.5) is 11.4 Å². The second-order valence-corrected chi connectivity index (χ2v) is 15.3. The van der Waals surface area contributed by atoms with Crippen molar-refractivity contribution in [2.75, 3.05) is 42.0 Å². The van der Waals surface area contributed by atoms with E-state index < -0.39 is 16.0 Å². The van der Waals surface area contributed by atoms with Gasteiger partial charge in [-0.2, -0.15) is 0 Å². The topological polar surface area (TPSA) is 100 Å². The first kappa shape index (κ1) is 33.8. The largest absolute Gasteiger partial charge is 0.460 e. The minimum atomic E-state index is -4.11. The van der Waals surface area contributed by atoms with E-state index in [0.717, 1.165) is 15.7 Å². The van der Waals surface area contributed by atoms with Gasteiger partial charge in [0.05, 0.1) is 22.9 Å². The van der Waals surface area contributed by atoms with Crippen LogP contribution in [0, 0.1) is 6.92 Å². The maximum atomic E-state index is 14.7. The Kier molecular flexibility index (Phi) is 9.95. The molecule has 0 spiro atoms. The van der Waals surface area contributed by atoms with Crippen molar-refractivity contribution in [2.24, 2.45) is 0 Å². The number of nitrogens with zero attached hydrogens (tertiary/aromatic N) is 3. The highest BCUT2D eigenvalue weighted by Gasteiger charge is 2.33. The third-order valence-corrected chi connectivity index (χ3v) is 12.2. The number of piperazine rings is 1. The Hall–Kier alpha value is -4.13. The smallest absolute Gasteiger partial charge is 0.374 e. The van der Waals surface area contributed by atoms with Crippen molar-refractivity contribution < 1.29 is 27.2 Å². The number of esters is 1. The summed E-state index contributed by atoms with van der Waals surface area (Å²) in [7, 11) is -4.11. The van der Waals surface area contributed by atoms with E-state index >= 15 is 0 Å². The van der Waals surface area contributed by atoms with Gasteiger partial charge in [0.1, 0.15) is 10.5 Å². The molecule has 0 aliphatic carbocycles. The van der Waals surface area contributed by atoms with Crippen molar-refractivity contribution >= 4 is 71.5 Å². The van der Waals surface area contributed by atoms with Gasteiger partial charge in [0, 0.05) is 47.6 Å². The first-order chi connectivity index (χ1) is 23.1. The summed E-state index contributed by atoms with van der Waals surface area (Å²) in [6.45, 7) is 7.42. The molecule has 1 unspecified atom stereocenters. The van der Waals surface area contributed by atoms with Crippen LogP contribution in [-0.4, -0.2) is 64.0 Å². The van der Waals surface area contributed by atoms with Crippen molar-refractivity contribution in [1.82, 2.24) is 4.90 Å². The first-order valence-corrected chi connectivity index (χ1v) is 18.9. The van der Waals surface area contributed by atoms with E-state index in [-0.39, 0.29) is 35.8 Å². The number of hydrogen-bond acceptors (Lipinski definition) is 8. The molecule has 1 aliphatic heterocycles. The second-order valence-electron chi connectivity index (χ2n) is 11.6. The number of ether oxygens (including phenoxy) is 1. The average Bonchev–Trinajstić information content (AvgIpc) is 3.67. The molecule has 5 aromatic rings. The van der Waals surface area contributed by atoms with Crippen molar-refractivity contribution in [2.45, 2.75) is 38.1 Å². The highest BCUT2D eigenvalue weighted by Crippen LogP contribution is 2.37. The normalized spacial score (nSPS) is 15.1. The van der Waals surface area contributed by atoms with Gasteiger partial charge in [-0.25, -0.2) is 13.2 Å². The molecule has 0 radical (unpaired) electrons. The summed E-state index contributed by atoms with van der Waals surface area (Å²) in [6, 6.07) is 23.8. The summed E-state index contributed by atoms with van der Waals surface area (Å²) in [5.74, 6) is -0.542. The summed E-state index contributed by atoms with van der Waals surface area (Å²) in [4.78, 5) is 30.7. The molecule has 1 fully saturated rings. The van der Waals surface area contributed by atoms with Crippen LogP contribution in [0.2, 0.25) is 0 Å². The van der Waals surface area contributed by atoms with Crippen LogP contribution < -0.4 is 9.21 Å². The number of aryl methyl sites for hydroxylation is 1. The number of rotatable bonds is 10. The van der Waals surface area contributed by atoms with Crippen molar-refractivity contribution in [3.63, 3.8) is 0 Å². The number of carbonyl (C=O) groups excluding carboxylic acids is 2. The van der Waals surface area contributed by atoms with Gasteiger partial charge in [-0.1, -0.05) is 42.5 Å². The van der Waals surface area contributed by atoms with Crippen LogP contribution in [0.1, 0.15) is 45.2 Å². The molecular weight excluding hydrogens is 714 g/mol. The van der Waals surface area contributed by atoms with Gasteiger partial charge in [0.15, 0.2) is 0 Å². The van der Waals surface area contributed by atoms with E-state index in [1.165, 1.54) is 21.7 Å². The Bertz CT molecular complexity index is 2060. The molecule has 12 heteroatoms. The quantitative estimate of drug-likeness (QED) is 0.136. The Balaban J connectivity index is 1.36. The fourth-order valence-corrected chi connectivity index (χ4v) is 9.12. The van der Waals surface area contributed by atoms with E-state index in [4.69, 9.17) is 9.15 Å². The number of benzene rings is 3. The Morgan fingerprint density at radius 2 is 1.79 bits per heavy atom. The number of halogens is 1. The summed E-state index contributed by atoms with van der Waals surface area (Å²) in [5.41, 5.74) is 3.26. The van der Waals surface area contributed by atoms with Gasteiger partial charge in [-0.05, 0) is 90.5 Å². The third kappa shape index (κ3) is 6.61. The van der Waals surface area contributed by atoms with Gasteiger partial charge in [0.2, 0.25) is 5.76 Å². The molecule has 48 heavy (non-hydrogen) atoms. The molecular formula is C36H36BrN3O6S2. The lowest BCUT2D eigenvalue weighted by Crippen LogP contribution is -2.54. The Morgan fingerprint density at radius 3 is 2.50 bits per heavy atom. The lowest BCUT2D eigenvalue weighted by atomic mass is 10.1. The van der Waals surface area contributed by atoms with Gasteiger partial charge < -0.3 is 19.0 Å². The first-order valence-electron chi connectivity index (χ1n) is 15.7. The zero-order valence-corrected chi connectivity index (χ0v) is 30.1. The van der Waals surface area contributed by atoms with E-state index in [2.05, 4.69) is 20.8 Å². The van der Waals surface area contributed by atoms with E-state index in [1.807, 2.05) is 77.9 Å². The van der Waals surface area contributed by atoms with Gasteiger partial charge >= 0.3 is 5.97 Å². The molecule has 3 aromatic carbocycles. The van der Waals surface area contributed by atoms with Crippen LogP contribution in [-0.2, 0) is 21.2 Å². The molecule has 3 heterocycles. The van der Waals surface area contributed by atoms with E-state index in [9.17, 15) is 18.0 Å². The summed E-state index contributed by atoms with van der Waals surface area (Å²) in [5, 5.41) is 2.42. The number of para-hydroxylation sites is 2. The SMILES string of the molecule is CCOC(=O)c1oc2ccc(S(=O)(=O)N(CCc3ccccc3)c3ccccc3N3CCN(C(=O)c4sccc4Br)C(C)C3)cc2c1C. The van der Waals surface area contributed by atoms with Crippen LogP contribution in [0.5, 0.6) is 0 Å². The number of furan rings is 1. The van der Waals surface area contributed by atoms with Crippen molar-refractivity contribution in [3.05, 3.63) is 110 Å². The predicted octanol–water partition coefficient (Wildman–Crippen LogP) is 7.53. The average molecular weight is 751 g/mol. The molecule has 250 valence electrons. The summed E-state index contributed by atoms with van der Waals surface area (Å²) in [6.07, 6.45) is 0.489. The monoisotopic (exact) mass is 749 g/mol. The van der Waals surface area contributed by atoms with Crippen LogP contribution >= 0.6 is 27.3 Å². The van der Waals surface area contributed by atoms with E-state index in [0.29, 0.717) is 53.2 Å². The highest BCUT2D eigenvalue weighted by molar-refractivity contribution is 9.10. The molecule has 1 saturated heterocycles. The number of sulfonamides is 1. The Morgan fingerprint density at radius 1 is 1.04 bits per heavy atom. The number of fused-ring (bicyclic) bond motifs is 1. The third-order valence-electron chi connectivity index (χ3n) is 8.59. The fourth-order valence-electron chi connectivity index (χ4n) is 6.12. The molecule has 1 aliphatic rings.